The number of aryl methyl sites for hydroxylation is 1. The number of carbonyl (C=O) groups is 1. The maximum absolute atomic E-state index is 11.8. The fourth-order valence-corrected chi connectivity index (χ4v) is 1.55. The van der Waals surface area contributed by atoms with Crippen LogP contribution in [0.4, 0.5) is 5.82 Å². The Bertz CT molecular complexity index is 375. The molecule has 0 aliphatic carbocycles. The minimum absolute atomic E-state index is 0.148. The molecule has 1 unspecified atom stereocenters. The first-order valence-electron chi connectivity index (χ1n) is 5.32. The van der Waals surface area contributed by atoms with Crippen molar-refractivity contribution in [1.29, 1.82) is 0 Å². The summed E-state index contributed by atoms with van der Waals surface area (Å²) in [6.45, 7) is 3.80. The highest BCUT2D eigenvalue weighted by Gasteiger charge is 2.21. The molecule has 1 atom stereocenters. The summed E-state index contributed by atoms with van der Waals surface area (Å²) in [7, 11) is 0. The van der Waals surface area contributed by atoms with Crippen molar-refractivity contribution in [1.82, 2.24) is 10.3 Å². The van der Waals surface area contributed by atoms with Gasteiger partial charge in [-0.25, -0.2) is 4.98 Å². The molecule has 5 heteroatoms. The molecule has 0 saturated carbocycles. The molecule has 2 rings (SSSR count). The van der Waals surface area contributed by atoms with Gasteiger partial charge in [-0.2, -0.15) is 0 Å². The van der Waals surface area contributed by atoms with E-state index in [9.17, 15) is 4.79 Å². The van der Waals surface area contributed by atoms with E-state index >= 15 is 0 Å². The van der Waals surface area contributed by atoms with Crippen molar-refractivity contribution in [2.24, 2.45) is 0 Å². The predicted molar refractivity (Wildman–Crippen MR) is 60.2 cm³/mol. The van der Waals surface area contributed by atoms with Crippen molar-refractivity contribution in [3.8, 4) is 0 Å². The highest BCUT2D eigenvalue weighted by molar-refractivity contribution is 5.93. The molecule has 1 aliphatic rings. The van der Waals surface area contributed by atoms with Crippen molar-refractivity contribution in [3.05, 3.63) is 23.9 Å². The summed E-state index contributed by atoms with van der Waals surface area (Å²) in [5.74, 6) is 0.421. The molecular weight excluding hydrogens is 206 g/mol. The molecule has 1 amide bonds. The van der Waals surface area contributed by atoms with Crippen LogP contribution in [0.15, 0.2) is 18.2 Å². The van der Waals surface area contributed by atoms with Gasteiger partial charge in [0.2, 0.25) is 0 Å². The van der Waals surface area contributed by atoms with Crippen molar-refractivity contribution in [2.75, 3.05) is 25.0 Å². The number of rotatable bonds is 2. The maximum atomic E-state index is 11.8. The first kappa shape index (κ1) is 11.0. The number of nitrogens with zero attached hydrogens (tertiary/aromatic N) is 1. The minimum atomic E-state index is -0.420. The molecule has 1 fully saturated rings. The number of hydrogen-bond acceptors (Lipinski definition) is 4. The van der Waals surface area contributed by atoms with Crippen LogP contribution < -0.4 is 10.6 Å². The zero-order valence-corrected chi connectivity index (χ0v) is 9.19. The number of pyridine rings is 1. The van der Waals surface area contributed by atoms with Crippen molar-refractivity contribution in [3.63, 3.8) is 0 Å². The van der Waals surface area contributed by atoms with Crippen LogP contribution in [-0.2, 0) is 9.53 Å². The summed E-state index contributed by atoms with van der Waals surface area (Å²) >= 11 is 0. The van der Waals surface area contributed by atoms with E-state index in [-0.39, 0.29) is 5.91 Å². The SMILES string of the molecule is Cc1cccc(NC(=O)C2CNCCO2)n1. The lowest BCUT2D eigenvalue weighted by Crippen LogP contribution is -2.45. The summed E-state index contributed by atoms with van der Waals surface area (Å²) in [5.41, 5.74) is 0.875. The smallest absolute Gasteiger partial charge is 0.255 e. The largest absolute Gasteiger partial charge is 0.366 e. The number of nitrogens with one attached hydrogen (secondary N) is 2. The summed E-state index contributed by atoms with van der Waals surface area (Å²) in [6.07, 6.45) is -0.420. The quantitative estimate of drug-likeness (QED) is 0.754. The van der Waals surface area contributed by atoms with E-state index in [0.29, 0.717) is 19.0 Å². The summed E-state index contributed by atoms with van der Waals surface area (Å²) in [4.78, 5) is 16.0. The molecule has 0 radical (unpaired) electrons. The van der Waals surface area contributed by atoms with E-state index in [0.717, 1.165) is 12.2 Å². The van der Waals surface area contributed by atoms with Crippen LogP contribution in [0, 0.1) is 6.92 Å². The first-order chi connectivity index (χ1) is 7.75. The Labute approximate surface area is 94.2 Å². The summed E-state index contributed by atoms with van der Waals surface area (Å²) in [6, 6.07) is 5.51. The van der Waals surface area contributed by atoms with Gasteiger partial charge in [0.1, 0.15) is 11.9 Å². The number of amides is 1. The lowest BCUT2D eigenvalue weighted by Gasteiger charge is -2.22. The zero-order valence-electron chi connectivity index (χ0n) is 9.19. The van der Waals surface area contributed by atoms with Crippen LogP contribution in [-0.4, -0.2) is 36.7 Å². The Morgan fingerprint density at radius 3 is 3.19 bits per heavy atom. The van der Waals surface area contributed by atoms with Crippen LogP contribution >= 0.6 is 0 Å². The van der Waals surface area contributed by atoms with E-state index in [1.165, 1.54) is 0 Å². The second-order valence-corrected chi connectivity index (χ2v) is 3.72. The molecule has 16 heavy (non-hydrogen) atoms. The molecule has 0 aromatic carbocycles. The number of carbonyl (C=O) groups excluding carboxylic acids is 1. The molecular formula is C11H15N3O2. The van der Waals surface area contributed by atoms with Crippen LogP contribution in [0.1, 0.15) is 5.69 Å². The lowest BCUT2D eigenvalue weighted by atomic mass is 10.3. The number of morpholine rings is 1. The number of hydrogen-bond donors (Lipinski definition) is 2. The number of aromatic nitrogens is 1. The van der Waals surface area contributed by atoms with Gasteiger partial charge < -0.3 is 15.4 Å². The number of ether oxygens (including phenoxy) is 1. The molecule has 1 aromatic heterocycles. The molecule has 1 aliphatic heterocycles. The Balaban J connectivity index is 1.96. The third kappa shape index (κ3) is 2.77. The Hall–Kier alpha value is -1.46. The molecule has 2 heterocycles. The minimum Gasteiger partial charge on any atom is -0.366 e. The van der Waals surface area contributed by atoms with Crippen molar-refractivity contribution >= 4 is 11.7 Å². The first-order valence-corrected chi connectivity index (χ1v) is 5.32. The van der Waals surface area contributed by atoms with Gasteiger partial charge in [-0.1, -0.05) is 6.07 Å². The van der Waals surface area contributed by atoms with Crippen LogP contribution in [0.3, 0.4) is 0 Å². The second-order valence-electron chi connectivity index (χ2n) is 3.72. The molecule has 1 aromatic rings. The fraction of sp³-hybridized carbons (Fsp3) is 0.455. The van der Waals surface area contributed by atoms with E-state index in [1.807, 2.05) is 19.1 Å². The third-order valence-corrected chi connectivity index (χ3v) is 2.36. The predicted octanol–water partition coefficient (Wildman–Crippen LogP) is 0.317. The molecule has 0 bridgehead atoms. The average molecular weight is 221 g/mol. The Kier molecular flexibility index (Phi) is 3.48. The van der Waals surface area contributed by atoms with Gasteiger partial charge >= 0.3 is 0 Å². The Morgan fingerprint density at radius 2 is 2.50 bits per heavy atom. The van der Waals surface area contributed by atoms with Crippen LogP contribution in [0.5, 0.6) is 0 Å². The molecule has 2 N–H and O–H groups in total. The van der Waals surface area contributed by atoms with Crippen LogP contribution in [0.25, 0.3) is 0 Å². The summed E-state index contributed by atoms with van der Waals surface area (Å²) in [5, 5.41) is 5.84. The molecule has 0 spiro atoms. The normalized spacial score (nSPS) is 20.4. The average Bonchev–Trinajstić information content (AvgIpc) is 2.30. The van der Waals surface area contributed by atoms with E-state index in [1.54, 1.807) is 6.07 Å². The van der Waals surface area contributed by atoms with Crippen molar-refractivity contribution in [2.45, 2.75) is 13.0 Å². The Morgan fingerprint density at radius 1 is 1.62 bits per heavy atom. The highest BCUT2D eigenvalue weighted by atomic mass is 16.5. The van der Waals surface area contributed by atoms with E-state index in [2.05, 4.69) is 15.6 Å². The van der Waals surface area contributed by atoms with Gasteiger partial charge in [-0.3, -0.25) is 4.79 Å². The topological polar surface area (TPSA) is 63.2 Å². The molecule has 86 valence electrons. The van der Waals surface area contributed by atoms with Gasteiger partial charge in [0.25, 0.3) is 5.91 Å². The van der Waals surface area contributed by atoms with Gasteiger partial charge in [-0.15, -0.1) is 0 Å². The maximum Gasteiger partial charge on any atom is 0.255 e. The van der Waals surface area contributed by atoms with Gasteiger partial charge in [0.05, 0.1) is 6.61 Å². The summed E-state index contributed by atoms with van der Waals surface area (Å²) < 4.78 is 5.34. The van der Waals surface area contributed by atoms with Gasteiger partial charge in [0, 0.05) is 18.8 Å². The number of anilines is 1. The standard InChI is InChI=1S/C11H15N3O2/c1-8-3-2-4-10(13-8)14-11(15)9-7-12-5-6-16-9/h2-4,9,12H,5-7H2,1H3,(H,13,14,15). The second kappa shape index (κ2) is 5.05. The van der Waals surface area contributed by atoms with Gasteiger partial charge in [0.15, 0.2) is 0 Å². The monoisotopic (exact) mass is 221 g/mol. The van der Waals surface area contributed by atoms with Crippen molar-refractivity contribution < 1.29 is 9.53 Å². The fourth-order valence-electron chi connectivity index (χ4n) is 1.55. The highest BCUT2D eigenvalue weighted by Crippen LogP contribution is 2.06. The zero-order chi connectivity index (χ0) is 11.4. The lowest BCUT2D eigenvalue weighted by molar-refractivity contribution is -0.128. The van der Waals surface area contributed by atoms with Gasteiger partial charge in [-0.05, 0) is 19.1 Å². The molecule has 1 saturated heterocycles. The van der Waals surface area contributed by atoms with Crippen LogP contribution in [0.2, 0.25) is 0 Å². The third-order valence-electron chi connectivity index (χ3n) is 2.36. The van der Waals surface area contributed by atoms with E-state index in [4.69, 9.17) is 4.74 Å². The molecule has 5 nitrogen and oxygen atoms in total. The van der Waals surface area contributed by atoms with E-state index < -0.39 is 6.10 Å².